The number of piperidine rings is 1. The summed E-state index contributed by atoms with van der Waals surface area (Å²) in [6.07, 6.45) is 10.5. The summed E-state index contributed by atoms with van der Waals surface area (Å²) >= 11 is 0. The summed E-state index contributed by atoms with van der Waals surface area (Å²) in [6.45, 7) is 9.75. The van der Waals surface area contributed by atoms with Crippen molar-refractivity contribution in [2.45, 2.75) is 57.4 Å². The van der Waals surface area contributed by atoms with Gasteiger partial charge in [0.2, 0.25) is 0 Å². The lowest BCUT2D eigenvalue weighted by molar-refractivity contribution is 0.181. The average Bonchev–Trinajstić information content (AvgIpc) is 3.50. The van der Waals surface area contributed by atoms with Crippen LogP contribution in [0.3, 0.4) is 0 Å². The molecule has 6 heteroatoms. The number of halogens is 1. The van der Waals surface area contributed by atoms with Gasteiger partial charge in [-0.2, -0.15) is 0 Å². The molecule has 180 valence electrons. The third-order valence-electron chi connectivity index (χ3n) is 7.59. The molecule has 3 fully saturated rings. The Balaban J connectivity index is 0.00000289. The molecule has 0 bridgehead atoms. The Morgan fingerprint density at radius 1 is 0.969 bits per heavy atom. The highest BCUT2D eigenvalue weighted by Crippen LogP contribution is 2.22. The second-order valence-corrected chi connectivity index (χ2v) is 9.79. The first-order valence-electron chi connectivity index (χ1n) is 12.8. The van der Waals surface area contributed by atoms with E-state index in [1.807, 2.05) is 7.05 Å². The van der Waals surface area contributed by atoms with E-state index in [1.54, 1.807) is 0 Å². The van der Waals surface area contributed by atoms with Gasteiger partial charge < -0.3 is 15.1 Å². The third-order valence-corrected chi connectivity index (χ3v) is 7.59. The summed E-state index contributed by atoms with van der Waals surface area (Å²) in [5, 5.41) is 3.63. The molecule has 1 N–H and O–H groups in total. The number of nitrogens with zero attached hydrogens (tertiary/aromatic N) is 4. The van der Waals surface area contributed by atoms with Crippen LogP contribution in [0.1, 0.15) is 50.5 Å². The van der Waals surface area contributed by atoms with Crippen LogP contribution in [0, 0.1) is 5.92 Å². The maximum absolute atomic E-state index is 4.56. The highest BCUT2D eigenvalue weighted by Gasteiger charge is 2.30. The number of nitrogens with one attached hydrogen (secondary N) is 1. The minimum atomic E-state index is 0. The van der Waals surface area contributed by atoms with Gasteiger partial charge in [0.1, 0.15) is 0 Å². The van der Waals surface area contributed by atoms with Crippen molar-refractivity contribution in [2.24, 2.45) is 10.9 Å². The van der Waals surface area contributed by atoms with Crippen molar-refractivity contribution in [1.82, 2.24) is 20.0 Å². The number of likely N-dealkylation sites (tertiary alicyclic amines) is 3. The summed E-state index contributed by atoms with van der Waals surface area (Å²) < 4.78 is 0. The van der Waals surface area contributed by atoms with Crippen LogP contribution < -0.4 is 5.32 Å². The quantitative estimate of drug-likeness (QED) is 0.228. The Labute approximate surface area is 213 Å². The molecule has 1 aromatic carbocycles. The number of rotatable bonds is 8. The van der Waals surface area contributed by atoms with E-state index in [9.17, 15) is 0 Å². The normalized spacial score (nSPS) is 23.5. The first kappa shape index (κ1) is 25.8. The largest absolute Gasteiger partial charge is 0.356 e. The first-order valence-corrected chi connectivity index (χ1v) is 12.8. The van der Waals surface area contributed by atoms with Gasteiger partial charge in [-0.1, -0.05) is 30.3 Å². The number of aliphatic imine (C=N–C) groups is 1. The molecule has 3 aliphatic heterocycles. The summed E-state index contributed by atoms with van der Waals surface area (Å²) in [5.41, 5.74) is 1.50. The molecule has 1 aromatic rings. The second kappa shape index (κ2) is 13.8. The Bertz CT molecular complexity index is 668. The van der Waals surface area contributed by atoms with Gasteiger partial charge >= 0.3 is 0 Å². The molecule has 1 atom stereocenters. The number of benzene rings is 1. The molecule has 3 aliphatic rings. The van der Waals surface area contributed by atoms with E-state index < -0.39 is 0 Å². The summed E-state index contributed by atoms with van der Waals surface area (Å²) in [7, 11) is 1.94. The Morgan fingerprint density at radius 2 is 1.72 bits per heavy atom. The molecular formula is C26H44IN5. The molecule has 3 heterocycles. The lowest BCUT2D eigenvalue weighted by Gasteiger charge is -2.32. The minimum absolute atomic E-state index is 0. The fraction of sp³-hybridized carbons (Fsp3) is 0.731. The highest BCUT2D eigenvalue weighted by molar-refractivity contribution is 14.0. The summed E-state index contributed by atoms with van der Waals surface area (Å²) in [5.74, 6) is 1.98. The van der Waals surface area contributed by atoms with Crippen LogP contribution in [0.15, 0.2) is 35.3 Å². The number of hydrogen-bond donors (Lipinski definition) is 1. The van der Waals surface area contributed by atoms with Crippen LogP contribution in [-0.4, -0.2) is 86.1 Å². The topological polar surface area (TPSA) is 34.1 Å². The highest BCUT2D eigenvalue weighted by atomic mass is 127. The van der Waals surface area contributed by atoms with Crippen molar-refractivity contribution in [3.8, 4) is 0 Å². The third kappa shape index (κ3) is 7.59. The fourth-order valence-electron chi connectivity index (χ4n) is 5.69. The van der Waals surface area contributed by atoms with Gasteiger partial charge in [-0.3, -0.25) is 9.89 Å². The van der Waals surface area contributed by atoms with Gasteiger partial charge in [0, 0.05) is 32.7 Å². The molecular weight excluding hydrogens is 509 g/mol. The minimum Gasteiger partial charge on any atom is -0.356 e. The molecule has 4 rings (SSSR count). The number of hydrogen-bond acceptors (Lipinski definition) is 3. The van der Waals surface area contributed by atoms with Crippen LogP contribution in [-0.2, 0) is 6.42 Å². The van der Waals surface area contributed by atoms with Gasteiger partial charge in [-0.15, -0.1) is 24.0 Å². The molecule has 1 unspecified atom stereocenters. The fourth-order valence-corrected chi connectivity index (χ4v) is 5.69. The summed E-state index contributed by atoms with van der Waals surface area (Å²) in [6, 6.07) is 11.8. The van der Waals surface area contributed by atoms with Crippen molar-refractivity contribution in [2.75, 3.05) is 59.4 Å². The zero-order chi connectivity index (χ0) is 21.3. The van der Waals surface area contributed by atoms with Crippen molar-refractivity contribution in [1.29, 1.82) is 0 Å². The predicted octanol–water partition coefficient (Wildman–Crippen LogP) is 4.08. The Morgan fingerprint density at radius 3 is 2.44 bits per heavy atom. The van der Waals surface area contributed by atoms with E-state index >= 15 is 0 Å². The van der Waals surface area contributed by atoms with Crippen molar-refractivity contribution < 1.29 is 0 Å². The average molecular weight is 554 g/mol. The van der Waals surface area contributed by atoms with E-state index in [0.29, 0.717) is 0 Å². The maximum atomic E-state index is 4.56. The van der Waals surface area contributed by atoms with Crippen LogP contribution >= 0.6 is 24.0 Å². The standard InChI is InChI=1S/C26H43N5.HI/c1-27-26(31-20-13-25(22-31)30-16-7-8-17-30)28-14-5-6-15-29-18-11-24(12-19-29)21-23-9-3-2-4-10-23;/h2-4,9-10,24-25H,5-8,11-22H2,1H3,(H,27,28);1H. The molecule has 0 amide bonds. The molecule has 3 saturated heterocycles. The molecule has 0 aliphatic carbocycles. The van der Waals surface area contributed by atoms with Crippen LogP contribution in [0.2, 0.25) is 0 Å². The predicted molar refractivity (Wildman–Crippen MR) is 146 cm³/mol. The zero-order valence-electron chi connectivity index (χ0n) is 20.1. The van der Waals surface area contributed by atoms with Crippen LogP contribution in [0.4, 0.5) is 0 Å². The molecule has 5 nitrogen and oxygen atoms in total. The monoisotopic (exact) mass is 553 g/mol. The number of guanidine groups is 1. The van der Waals surface area contributed by atoms with E-state index in [1.165, 1.54) is 89.7 Å². The van der Waals surface area contributed by atoms with E-state index in [4.69, 9.17) is 0 Å². The first-order chi connectivity index (χ1) is 15.3. The molecule has 0 spiro atoms. The van der Waals surface area contributed by atoms with Gasteiger partial charge in [0.25, 0.3) is 0 Å². The molecule has 0 saturated carbocycles. The lowest BCUT2D eigenvalue weighted by Crippen LogP contribution is -2.43. The van der Waals surface area contributed by atoms with Gasteiger partial charge in [-0.25, -0.2) is 0 Å². The smallest absolute Gasteiger partial charge is 0.193 e. The molecule has 32 heavy (non-hydrogen) atoms. The second-order valence-electron chi connectivity index (χ2n) is 9.79. The summed E-state index contributed by atoms with van der Waals surface area (Å²) in [4.78, 5) is 12.4. The van der Waals surface area contributed by atoms with Crippen molar-refractivity contribution in [3.63, 3.8) is 0 Å². The van der Waals surface area contributed by atoms with Crippen molar-refractivity contribution in [3.05, 3.63) is 35.9 Å². The van der Waals surface area contributed by atoms with E-state index in [-0.39, 0.29) is 24.0 Å². The lowest BCUT2D eigenvalue weighted by atomic mass is 9.90. The van der Waals surface area contributed by atoms with Gasteiger partial charge in [0.15, 0.2) is 5.96 Å². The van der Waals surface area contributed by atoms with E-state index in [0.717, 1.165) is 37.6 Å². The van der Waals surface area contributed by atoms with Crippen LogP contribution in [0.5, 0.6) is 0 Å². The molecule has 0 aromatic heterocycles. The Hall–Kier alpha value is -0.860. The molecule has 0 radical (unpaired) electrons. The van der Waals surface area contributed by atoms with Crippen molar-refractivity contribution >= 4 is 29.9 Å². The number of unbranched alkanes of at least 4 members (excludes halogenated alkanes) is 1. The van der Waals surface area contributed by atoms with Gasteiger partial charge in [-0.05, 0) is 95.6 Å². The zero-order valence-corrected chi connectivity index (χ0v) is 22.4. The van der Waals surface area contributed by atoms with Gasteiger partial charge in [0.05, 0.1) is 0 Å². The van der Waals surface area contributed by atoms with Crippen LogP contribution in [0.25, 0.3) is 0 Å². The van der Waals surface area contributed by atoms with E-state index in [2.05, 4.69) is 55.3 Å². The SMILES string of the molecule is CN=C(NCCCCN1CCC(Cc2ccccc2)CC1)N1CCC(N2CCCC2)C1.I. The Kier molecular flexibility index (Phi) is 11.1. The maximum Gasteiger partial charge on any atom is 0.193 e.